The van der Waals surface area contributed by atoms with Gasteiger partial charge in [-0.2, -0.15) is 0 Å². The zero-order valence-electron chi connectivity index (χ0n) is 9.97. The highest BCUT2D eigenvalue weighted by molar-refractivity contribution is 5.82. The lowest BCUT2D eigenvalue weighted by Gasteiger charge is -2.20. The number of aliphatic hydroxyl groups is 1. The SMILES string of the molecule is CNC1CCN(C(=O)C(O)c2ccccc2)C1. The van der Waals surface area contributed by atoms with Crippen molar-refractivity contribution >= 4 is 5.91 Å². The number of carbonyl (C=O) groups excluding carboxylic acids is 1. The van der Waals surface area contributed by atoms with Gasteiger partial charge in [0.2, 0.25) is 0 Å². The third-order valence-corrected chi connectivity index (χ3v) is 3.26. The number of amides is 1. The molecule has 17 heavy (non-hydrogen) atoms. The van der Waals surface area contributed by atoms with Gasteiger partial charge < -0.3 is 15.3 Å². The Balaban J connectivity index is 2.01. The van der Waals surface area contributed by atoms with E-state index in [0.717, 1.165) is 6.42 Å². The Labute approximate surface area is 101 Å². The molecular formula is C13H18N2O2. The Hall–Kier alpha value is -1.39. The van der Waals surface area contributed by atoms with Crippen LogP contribution in [-0.4, -0.2) is 42.1 Å². The van der Waals surface area contributed by atoms with Gasteiger partial charge >= 0.3 is 0 Å². The topological polar surface area (TPSA) is 52.6 Å². The molecule has 0 saturated carbocycles. The van der Waals surface area contributed by atoms with Crippen molar-refractivity contribution in [2.75, 3.05) is 20.1 Å². The quantitative estimate of drug-likeness (QED) is 0.802. The predicted octanol–water partition coefficient (Wildman–Crippen LogP) is 0.540. The summed E-state index contributed by atoms with van der Waals surface area (Å²) in [5, 5.41) is 13.1. The lowest BCUT2D eigenvalue weighted by atomic mass is 10.1. The van der Waals surface area contributed by atoms with Crippen molar-refractivity contribution < 1.29 is 9.90 Å². The van der Waals surface area contributed by atoms with Crippen LogP contribution in [0.15, 0.2) is 30.3 Å². The maximum Gasteiger partial charge on any atom is 0.256 e. The average molecular weight is 234 g/mol. The van der Waals surface area contributed by atoms with Gasteiger partial charge in [0.05, 0.1) is 0 Å². The van der Waals surface area contributed by atoms with E-state index >= 15 is 0 Å². The van der Waals surface area contributed by atoms with Crippen LogP contribution in [0, 0.1) is 0 Å². The minimum absolute atomic E-state index is 0.200. The molecular weight excluding hydrogens is 216 g/mol. The molecule has 0 spiro atoms. The van der Waals surface area contributed by atoms with E-state index < -0.39 is 6.10 Å². The van der Waals surface area contributed by atoms with Crippen molar-refractivity contribution in [3.8, 4) is 0 Å². The Morgan fingerprint density at radius 3 is 2.76 bits per heavy atom. The second-order valence-electron chi connectivity index (χ2n) is 4.37. The van der Waals surface area contributed by atoms with Gasteiger partial charge in [-0.05, 0) is 19.0 Å². The Kier molecular flexibility index (Phi) is 3.76. The van der Waals surface area contributed by atoms with Gasteiger partial charge in [-0.1, -0.05) is 30.3 Å². The highest BCUT2D eigenvalue weighted by Gasteiger charge is 2.29. The summed E-state index contributed by atoms with van der Waals surface area (Å²) < 4.78 is 0. The molecule has 0 bridgehead atoms. The number of hydrogen-bond acceptors (Lipinski definition) is 3. The van der Waals surface area contributed by atoms with Crippen LogP contribution in [0.3, 0.4) is 0 Å². The summed E-state index contributed by atoms with van der Waals surface area (Å²) in [6.07, 6.45) is -0.0872. The molecule has 1 aromatic rings. The van der Waals surface area contributed by atoms with Gasteiger partial charge in [0.15, 0.2) is 6.10 Å². The molecule has 0 radical (unpaired) electrons. The van der Waals surface area contributed by atoms with Crippen LogP contribution in [0.4, 0.5) is 0 Å². The normalized spacial score (nSPS) is 21.5. The Morgan fingerprint density at radius 1 is 1.47 bits per heavy atom. The molecule has 1 amide bonds. The van der Waals surface area contributed by atoms with Crippen molar-refractivity contribution in [1.29, 1.82) is 0 Å². The number of rotatable bonds is 3. The number of hydrogen-bond donors (Lipinski definition) is 2. The summed E-state index contributed by atoms with van der Waals surface area (Å²) >= 11 is 0. The summed E-state index contributed by atoms with van der Waals surface area (Å²) in [7, 11) is 1.90. The molecule has 1 fully saturated rings. The molecule has 1 heterocycles. The first-order valence-corrected chi connectivity index (χ1v) is 5.91. The van der Waals surface area contributed by atoms with E-state index in [4.69, 9.17) is 0 Å². The van der Waals surface area contributed by atoms with E-state index in [0.29, 0.717) is 24.7 Å². The largest absolute Gasteiger partial charge is 0.378 e. The van der Waals surface area contributed by atoms with Gasteiger partial charge in [-0.3, -0.25) is 4.79 Å². The maximum absolute atomic E-state index is 12.1. The Morgan fingerprint density at radius 2 is 2.18 bits per heavy atom. The highest BCUT2D eigenvalue weighted by atomic mass is 16.3. The lowest BCUT2D eigenvalue weighted by Crippen LogP contribution is -2.36. The third-order valence-electron chi connectivity index (χ3n) is 3.26. The minimum Gasteiger partial charge on any atom is -0.378 e. The van der Waals surface area contributed by atoms with Crippen molar-refractivity contribution in [3.63, 3.8) is 0 Å². The van der Waals surface area contributed by atoms with Gasteiger partial charge in [0, 0.05) is 19.1 Å². The van der Waals surface area contributed by atoms with Gasteiger partial charge in [-0.15, -0.1) is 0 Å². The van der Waals surface area contributed by atoms with Crippen molar-refractivity contribution in [3.05, 3.63) is 35.9 Å². The molecule has 4 nitrogen and oxygen atoms in total. The van der Waals surface area contributed by atoms with Gasteiger partial charge in [0.1, 0.15) is 0 Å². The molecule has 2 atom stereocenters. The first-order chi connectivity index (χ1) is 8.22. The molecule has 2 unspecified atom stereocenters. The van der Waals surface area contributed by atoms with Crippen LogP contribution >= 0.6 is 0 Å². The fourth-order valence-electron chi connectivity index (χ4n) is 2.15. The summed E-state index contributed by atoms with van der Waals surface area (Å²) in [5.41, 5.74) is 0.658. The van der Waals surface area contributed by atoms with Gasteiger partial charge in [-0.25, -0.2) is 0 Å². The van der Waals surface area contributed by atoms with Crippen LogP contribution in [0.5, 0.6) is 0 Å². The van der Waals surface area contributed by atoms with Crippen molar-refractivity contribution in [1.82, 2.24) is 10.2 Å². The average Bonchev–Trinajstić information content (AvgIpc) is 2.87. The van der Waals surface area contributed by atoms with Crippen LogP contribution < -0.4 is 5.32 Å². The summed E-state index contributed by atoms with van der Waals surface area (Å²) in [6.45, 7) is 1.40. The molecule has 92 valence electrons. The van der Waals surface area contributed by atoms with Crippen molar-refractivity contribution in [2.45, 2.75) is 18.6 Å². The first-order valence-electron chi connectivity index (χ1n) is 5.91. The third kappa shape index (κ3) is 2.65. The Bertz CT molecular complexity index is 380. The molecule has 4 heteroatoms. The predicted molar refractivity (Wildman–Crippen MR) is 65.4 cm³/mol. The van der Waals surface area contributed by atoms with E-state index in [-0.39, 0.29) is 5.91 Å². The number of aliphatic hydroxyl groups excluding tert-OH is 1. The molecule has 1 aliphatic heterocycles. The number of likely N-dealkylation sites (tertiary alicyclic amines) is 1. The van der Waals surface area contributed by atoms with E-state index in [2.05, 4.69) is 5.32 Å². The smallest absolute Gasteiger partial charge is 0.256 e. The molecule has 2 N–H and O–H groups in total. The second-order valence-corrected chi connectivity index (χ2v) is 4.37. The lowest BCUT2D eigenvalue weighted by molar-refractivity contribution is -0.139. The molecule has 2 rings (SSSR count). The number of nitrogens with zero attached hydrogens (tertiary/aromatic N) is 1. The standard InChI is InChI=1S/C13H18N2O2/c1-14-11-7-8-15(9-11)13(17)12(16)10-5-3-2-4-6-10/h2-6,11-12,14,16H,7-9H2,1H3. The molecule has 1 aliphatic rings. The molecule has 0 aliphatic carbocycles. The number of likely N-dealkylation sites (N-methyl/N-ethyl adjacent to an activating group) is 1. The summed E-state index contributed by atoms with van der Waals surface area (Å²) in [4.78, 5) is 13.8. The molecule has 1 saturated heterocycles. The van der Waals surface area contributed by atoms with Crippen LogP contribution in [0.1, 0.15) is 18.1 Å². The minimum atomic E-state index is -1.04. The van der Waals surface area contributed by atoms with E-state index in [1.165, 1.54) is 0 Å². The highest BCUT2D eigenvalue weighted by Crippen LogP contribution is 2.18. The second kappa shape index (κ2) is 5.29. The van der Waals surface area contributed by atoms with Gasteiger partial charge in [0.25, 0.3) is 5.91 Å². The van der Waals surface area contributed by atoms with Crippen LogP contribution in [0.25, 0.3) is 0 Å². The first kappa shape index (κ1) is 12.1. The monoisotopic (exact) mass is 234 g/mol. The van der Waals surface area contributed by atoms with E-state index in [1.807, 2.05) is 25.2 Å². The number of nitrogens with one attached hydrogen (secondary N) is 1. The molecule has 0 aromatic heterocycles. The summed E-state index contributed by atoms with van der Waals surface area (Å²) in [6, 6.07) is 9.41. The molecule has 1 aromatic carbocycles. The number of benzene rings is 1. The maximum atomic E-state index is 12.1. The van der Waals surface area contributed by atoms with E-state index in [1.54, 1.807) is 17.0 Å². The zero-order chi connectivity index (χ0) is 12.3. The van der Waals surface area contributed by atoms with Crippen LogP contribution in [-0.2, 0) is 4.79 Å². The van der Waals surface area contributed by atoms with E-state index in [9.17, 15) is 9.90 Å². The van der Waals surface area contributed by atoms with Crippen molar-refractivity contribution in [2.24, 2.45) is 0 Å². The summed E-state index contributed by atoms with van der Waals surface area (Å²) in [5.74, 6) is -0.200. The number of carbonyl (C=O) groups is 1. The van der Waals surface area contributed by atoms with Crippen LogP contribution in [0.2, 0.25) is 0 Å². The fourth-order valence-corrected chi connectivity index (χ4v) is 2.15. The zero-order valence-corrected chi connectivity index (χ0v) is 9.97. The fraction of sp³-hybridized carbons (Fsp3) is 0.462.